The van der Waals surface area contributed by atoms with Crippen molar-refractivity contribution in [3.8, 4) is 0 Å². The Morgan fingerprint density at radius 1 is 0.533 bits per heavy atom. The van der Waals surface area contributed by atoms with Crippen molar-refractivity contribution in [1.29, 1.82) is 0 Å². The summed E-state index contributed by atoms with van der Waals surface area (Å²) in [5.74, 6) is -14.3. The molecule has 1 heterocycles. The Balaban J connectivity index is 3.61. The molecule has 1 aromatic heterocycles. The second-order valence-electron chi connectivity index (χ2n) is 4.49. The molecule has 30 heavy (non-hydrogen) atoms. The van der Waals surface area contributed by atoms with E-state index in [2.05, 4.69) is 15.0 Å². The molecule has 1 rings (SSSR count). The molecule has 0 saturated heterocycles. The molecule has 0 fully saturated rings. The molecule has 0 aliphatic heterocycles. The third kappa shape index (κ3) is 5.85. The van der Waals surface area contributed by atoms with Crippen LogP contribution in [0.25, 0.3) is 0 Å². The number of carbonyl (C=O) groups is 3. The monoisotopic (exact) mass is 516 g/mol. The number of aromatic nitrogens is 3. The maximum Gasteiger partial charge on any atom is 0.473 e. The van der Waals surface area contributed by atoms with Crippen molar-refractivity contribution in [2.45, 2.75) is 18.5 Å². The van der Waals surface area contributed by atoms with Crippen LogP contribution in [0.1, 0.15) is 0 Å². The molecule has 9 nitrogen and oxygen atoms in total. The van der Waals surface area contributed by atoms with E-state index in [1.165, 1.54) is 0 Å². The summed E-state index contributed by atoms with van der Waals surface area (Å²) in [7, 11) is 0. The molecule has 0 aromatic carbocycles. The van der Waals surface area contributed by atoms with Crippen LogP contribution in [0.15, 0.2) is 0 Å². The summed E-state index contributed by atoms with van der Waals surface area (Å²) in [6.45, 7) is 0. The van der Waals surface area contributed by atoms with Gasteiger partial charge in [-0.25, -0.2) is 0 Å². The van der Waals surface area contributed by atoms with E-state index >= 15 is 0 Å². The van der Waals surface area contributed by atoms with Crippen molar-refractivity contribution in [2.24, 2.45) is 0 Å². The zero-order valence-electron chi connectivity index (χ0n) is 12.9. The molecule has 0 N–H and O–H groups in total. The van der Waals surface area contributed by atoms with Crippen LogP contribution < -0.4 is 13.3 Å². The van der Waals surface area contributed by atoms with Gasteiger partial charge in [-0.15, -0.1) is 0 Å². The molecule has 1 aromatic rings. The first-order chi connectivity index (χ1) is 13.3. The smallest absolute Gasteiger partial charge is 0.262 e. The van der Waals surface area contributed by atoms with E-state index < -0.39 is 67.4 Å². The second-order valence-corrected chi connectivity index (χ2v) is 5.50. The van der Waals surface area contributed by atoms with Gasteiger partial charge in [0.2, 0.25) is 0 Å². The lowest BCUT2D eigenvalue weighted by molar-refractivity contribution is -0.169. The van der Waals surface area contributed by atoms with Gasteiger partial charge in [-0.3, -0.25) is 14.4 Å². The normalized spacial score (nSPS) is 12.4. The highest BCUT2D eigenvalue weighted by atomic mass is 35.5. The lowest BCUT2D eigenvalue weighted by Crippen LogP contribution is -2.40. The van der Waals surface area contributed by atoms with Gasteiger partial charge in [0.1, 0.15) is 0 Å². The standard InChI is InChI=1S/C9Cl3F9N6O3/c10-25(1(28)7(13,14)15)4-22-5(26(11)2(29)8(16,17)18)24-6(23-4)27(12)3(30)9(19,20)21. The quantitative estimate of drug-likeness (QED) is 0.452. The third-order valence-corrected chi connectivity index (χ3v) is 3.30. The van der Waals surface area contributed by atoms with E-state index in [4.69, 9.17) is 35.3 Å². The number of alkyl halides is 9. The average Bonchev–Trinajstić information content (AvgIpc) is 2.61. The minimum atomic E-state index is -5.72. The van der Waals surface area contributed by atoms with Gasteiger partial charge in [-0.05, 0) is 0 Å². The van der Waals surface area contributed by atoms with Gasteiger partial charge in [0, 0.05) is 35.3 Å². The van der Waals surface area contributed by atoms with Crippen LogP contribution in [-0.4, -0.2) is 51.2 Å². The Kier molecular flexibility index (Phi) is 7.21. The molecule has 0 aliphatic carbocycles. The molecule has 21 heteroatoms. The first-order valence-electron chi connectivity index (χ1n) is 6.25. The zero-order chi connectivity index (χ0) is 23.8. The zero-order valence-corrected chi connectivity index (χ0v) is 15.2. The van der Waals surface area contributed by atoms with Crippen molar-refractivity contribution in [3.05, 3.63) is 0 Å². The molecule has 0 unspecified atom stereocenters. The first-order valence-corrected chi connectivity index (χ1v) is 7.27. The number of halogens is 12. The van der Waals surface area contributed by atoms with Crippen LogP contribution in [0.3, 0.4) is 0 Å². The van der Waals surface area contributed by atoms with Crippen molar-refractivity contribution in [3.63, 3.8) is 0 Å². The van der Waals surface area contributed by atoms with Crippen molar-refractivity contribution in [2.75, 3.05) is 13.3 Å². The van der Waals surface area contributed by atoms with E-state index in [9.17, 15) is 53.9 Å². The van der Waals surface area contributed by atoms with Crippen LogP contribution in [0.4, 0.5) is 57.4 Å². The van der Waals surface area contributed by atoms with E-state index in [0.717, 1.165) is 0 Å². The summed E-state index contributed by atoms with van der Waals surface area (Å²) in [5.41, 5.74) is 0. The van der Waals surface area contributed by atoms with Crippen LogP contribution in [0.5, 0.6) is 0 Å². The largest absolute Gasteiger partial charge is 0.473 e. The van der Waals surface area contributed by atoms with Gasteiger partial charge in [0.05, 0.1) is 0 Å². The van der Waals surface area contributed by atoms with Crippen LogP contribution in [0, 0.1) is 0 Å². The number of hydrogen-bond donors (Lipinski definition) is 0. The fraction of sp³-hybridized carbons (Fsp3) is 0.333. The minimum absolute atomic E-state index is 1.01. The lowest BCUT2D eigenvalue weighted by atomic mass is 10.5. The number of rotatable bonds is 3. The first kappa shape index (κ1) is 25.7. The van der Waals surface area contributed by atoms with E-state index in [-0.39, 0.29) is 0 Å². The average molecular weight is 517 g/mol. The van der Waals surface area contributed by atoms with Crippen molar-refractivity contribution >= 4 is 70.9 Å². The fourth-order valence-electron chi connectivity index (χ4n) is 1.21. The summed E-state index contributed by atoms with van der Waals surface area (Å²) < 4.78 is 109. The molecule has 0 radical (unpaired) electrons. The summed E-state index contributed by atoms with van der Waals surface area (Å²) >= 11 is 15.0. The van der Waals surface area contributed by atoms with Gasteiger partial charge in [-0.1, -0.05) is 0 Å². The van der Waals surface area contributed by atoms with E-state index in [1.807, 2.05) is 0 Å². The van der Waals surface area contributed by atoms with Crippen LogP contribution >= 0.6 is 35.3 Å². The number of hydrogen-bond acceptors (Lipinski definition) is 6. The number of anilines is 3. The Morgan fingerprint density at radius 2 is 0.700 bits per heavy atom. The highest BCUT2D eigenvalue weighted by Crippen LogP contribution is 2.30. The maximum atomic E-state index is 12.4. The van der Waals surface area contributed by atoms with E-state index in [0.29, 0.717) is 0 Å². The predicted octanol–water partition coefficient (Wildman–Crippen LogP) is 3.02. The molecule has 0 saturated carbocycles. The number of amides is 3. The van der Waals surface area contributed by atoms with Crippen LogP contribution in [0.2, 0.25) is 0 Å². The van der Waals surface area contributed by atoms with Crippen molar-refractivity contribution in [1.82, 2.24) is 15.0 Å². The Bertz CT molecular complexity index is 739. The molecular weight excluding hydrogens is 517 g/mol. The molecule has 0 aliphatic rings. The Morgan fingerprint density at radius 3 is 0.833 bits per heavy atom. The molecule has 0 bridgehead atoms. The lowest BCUT2D eigenvalue weighted by Gasteiger charge is -2.20. The predicted molar refractivity (Wildman–Crippen MR) is 78.0 cm³/mol. The highest BCUT2D eigenvalue weighted by molar-refractivity contribution is 6.39. The summed E-state index contributed by atoms with van der Waals surface area (Å²) in [5, 5.41) is 0. The summed E-state index contributed by atoms with van der Waals surface area (Å²) in [4.78, 5) is 41.5. The van der Waals surface area contributed by atoms with Gasteiger partial charge in [0.25, 0.3) is 17.8 Å². The Labute approximate surface area is 172 Å². The second kappa shape index (κ2) is 8.42. The van der Waals surface area contributed by atoms with Gasteiger partial charge < -0.3 is 0 Å². The topological polar surface area (TPSA) is 99.6 Å². The molecule has 3 amide bonds. The molecule has 168 valence electrons. The molecule has 0 spiro atoms. The number of nitrogens with zero attached hydrogens (tertiary/aromatic N) is 6. The molecule has 0 atom stereocenters. The van der Waals surface area contributed by atoms with Crippen LogP contribution in [-0.2, 0) is 14.4 Å². The van der Waals surface area contributed by atoms with Gasteiger partial charge >= 0.3 is 36.3 Å². The maximum absolute atomic E-state index is 12.4. The van der Waals surface area contributed by atoms with Crippen molar-refractivity contribution < 1.29 is 53.9 Å². The minimum Gasteiger partial charge on any atom is -0.262 e. The summed E-state index contributed by atoms with van der Waals surface area (Å²) in [6, 6.07) is 0. The Hall–Kier alpha value is -2.34. The molecular formula is C9Cl3F9N6O3. The van der Waals surface area contributed by atoms with Gasteiger partial charge in [-0.2, -0.15) is 67.7 Å². The number of carbonyl (C=O) groups excluding carboxylic acids is 3. The van der Waals surface area contributed by atoms with Gasteiger partial charge in [0.15, 0.2) is 0 Å². The summed E-state index contributed by atoms with van der Waals surface area (Å²) in [6.07, 6.45) is -17.2. The third-order valence-electron chi connectivity index (χ3n) is 2.39. The SMILES string of the molecule is O=C(N(Cl)c1nc(N(Cl)C(=O)C(F)(F)F)nc(N(Cl)C(=O)C(F)(F)F)n1)C(F)(F)F. The van der Waals surface area contributed by atoms with E-state index in [1.54, 1.807) is 0 Å². The fourth-order valence-corrected chi connectivity index (χ4v) is 1.73. The highest BCUT2D eigenvalue weighted by Gasteiger charge is 2.48.